The summed E-state index contributed by atoms with van der Waals surface area (Å²) >= 11 is 0. The van der Waals surface area contributed by atoms with Crippen molar-refractivity contribution in [1.29, 1.82) is 0 Å². The maximum Gasteiger partial charge on any atom is 0.198 e. The Hall–Kier alpha value is -14.2. The first kappa shape index (κ1) is 78.4. The Morgan fingerprint density at radius 3 is 0.600 bits per heavy atom. The molecule has 16 nitrogen and oxygen atoms in total. The highest BCUT2D eigenvalue weighted by Gasteiger charge is 2.39. The number of rotatable bonds is 16. The fourth-order valence-electron chi connectivity index (χ4n) is 16.2. The Morgan fingerprint density at radius 2 is 0.375 bits per heavy atom. The summed E-state index contributed by atoms with van der Waals surface area (Å²) in [6.07, 6.45) is 0. The number of anilines is 16. The molecule has 0 fully saturated rings. The van der Waals surface area contributed by atoms with E-state index in [1.807, 2.05) is 256 Å². The summed E-state index contributed by atoms with van der Waals surface area (Å²) in [6.45, 7) is 31.6. The van der Waals surface area contributed by atoms with Crippen LogP contribution in [0.25, 0.3) is 89.7 Å². The van der Waals surface area contributed by atoms with Crippen LogP contribution < -0.4 is 42.5 Å². The van der Waals surface area contributed by atoms with E-state index in [4.69, 9.17) is 19.9 Å². The monoisotopic (exact) mass is 1610 g/mol. The van der Waals surface area contributed by atoms with Crippen LogP contribution in [0.4, 0.5) is 126 Å². The third kappa shape index (κ3) is 13.8. The van der Waals surface area contributed by atoms with Crippen molar-refractivity contribution in [1.82, 2.24) is 39.9 Å². The lowest BCUT2D eigenvalue weighted by molar-refractivity contribution is 0.412. The molecule has 0 radical (unpaired) electrons. The highest BCUT2D eigenvalue weighted by Crippen LogP contribution is 2.59. The van der Waals surface area contributed by atoms with Gasteiger partial charge in [-0.1, -0.05) is 142 Å². The molecule has 3 aromatic heterocycles. The van der Waals surface area contributed by atoms with Crippen molar-refractivity contribution >= 4 is 135 Å². The average Bonchev–Trinajstić information content (AvgIpc) is 1.55. The first-order valence-electron chi connectivity index (χ1n) is 39.1. The molecule has 120 heavy (non-hydrogen) atoms. The van der Waals surface area contributed by atoms with Crippen LogP contribution >= 0.6 is 0 Å². The van der Waals surface area contributed by atoms with Crippen LogP contribution in [0, 0.1) is 157 Å². The normalized spacial score (nSPS) is 11.7. The Kier molecular flexibility index (Phi) is 19.6. The maximum atomic E-state index is 17.7. The highest BCUT2D eigenvalue weighted by molar-refractivity contribution is 6.26. The summed E-state index contributed by atoms with van der Waals surface area (Å²) in [7, 11) is 0. The van der Waals surface area contributed by atoms with Gasteiger partial charge in [-0.05, 0) is 204 Å². The number of fused-ring (bicyclic) bond motifs is 20. The van der Waals surface area contributed by atoms with Gasteiger partial charge in [0, 0.05) is 45.5 Å². The zero-order valence-corrected chi connectivity index (χ0v) is 68.6. The van der Waals surface area contributed by atoms with Crippen molar-refractivity contribution < 1.29 is 35.1 Å². The van der Waals surface area contributed by atoms with Crippen LogP contribution in [-0.4, -0.2) is 39.9 Å². The molecule has 15 aromatic rings. The van der Waals surface area contributed by atoms with Gasteiger partial charge < -0.3 is 52.5 Å². The van der Waals surface area contributed by atoms with Crippen molar-refractivity contribution in [3.8, 4) is 45.6 Å². The number of hydrogen-bond acceptors (Lipinski definition) is 14. The molecule has 2 aliphatic rings. The second kappa shape index (κ2) is 30.1. The zero-order chi connectivity index (χ0) is 84.6. The van der Waals surface area contributed by atoms with Gasteiger partial charge in [0.15, 0.2) is 69.8 Å². The number of aromatic nitrogens is 8. The van der Waals surface area contributed by atoms with E-state index in [2.05, 4.69) is 62.5 Å². The van der Waals surface area contributed by atoms with Gasteiger partial charge in [-0.15, -0.1) is 0 Å². The van der Waals surface area contributed by atoms with E-state index in [1.54, 1.807) is 0 Å². The van der Waals surface area contributed by atoms with Crippen LogP contribution in [0.5, 0.6) is 0 Å². The summed E-state index contributed by atoms with van der Waals surface area (Å²) in [5.41, 5.74) is 18.0. The number of benzene rings is 12. The first-order valence-corrected chi connectivity index (χ1v) is 39.1. The quantitative estimate of drug-likeness (QED) is 0.0248. The summed E-state index contributed by atoms with van der Waals surface area (Å²) in [5.74, 6) is -19.3. The minimum atomic E-state index is -2.29. The molecule has 17 rings (SSSR count). The second-order valence-electron chi connectivity index (χ2n) is 31.7. The number of nitrogens with zero attached hydrogens (tertiary/aromatic N) is 6. The Bertz CT molecular complexity index is 7130. The van der Waals surface area contributed by atoms with E-state index in [0.29, 0.717) is 79.6 Å². The van der Waals surface area contributed by atoms with Gasteiger partial charge in [0.25, 0.3) is 0 Å². The Balaban J connectivity index is 1.17. The molecule has 0 aliphatic carbocycles. The Labute approximate surface area is 686 Å². The second-order valence-corrected chi connectivity index (χ2v) is 31.7. The predicted molar refractivity (Wildman–Crippen MR) is 469 cm³/mol. The average molecular weight is 1610 g/mol. The van der Waals surface area contributed by atoms with E-state index in [0.717, 1.165) is 89.0 Å². The van der Waals surface area contributed by atoms with E-state index in [-0.39, 0.29) is 56.2 Å². The number of H-pyrrole nitrogens is 2. The molecule has 8 bridgehead atoms. The topological polar surface area (TPSA) is 205 Å². The van der Waals surface area contributed by atoms with Gasteiger partial charge in [-0.2, -0.15) is 0 Å². The lowest BCUT2D eigenvalue weighted by Crippen LogP contribution is -2.10. The van der Waals surface area contributed by atoms with Crippen molar-refractivity contribution in [3.05, 3.63) is 281 Å². The third-order valence-electron chi connectivity index (χ3n) is 22.3. The zero-order valence-electron chi connectivity index (χ0n) is 68.6. The lowest BCUT2D eigenvalue weighted by atomic mass is 9.97. The molecule has 0 saturated carbocycles. The van der Waals surface area contributed by atoms with Crippen LogP contribution in [0.1, 0.15) is 89.0 Å². The van der Waals surface area contributed by atoms with Crippen LogP contribution in [0.2, 0.25) is 0 Å². The first-order chi connectivity index (χ1) is 57.3. The molecule has 0 saturated heterocycles. The summed E-state index contributed by atoms with van der Waals surface area (Å²) in [6, 6.07) is 47.5. The van der Waals surface area contributed by atoms with Crippen molar-refractivity contribution in [2.45, 2.75) is 111 Å². The summed E-state index contributed by atoms with van der Waals surface area (Å²) < 4.78 is 136. The van der Waals surface area contributed by atoms with Crippen molar-refractivity contribution in [2.75, 3.05) is 42.5 Å². The summed E-state index contributed by atoms with van der Waals surface area (Å²) in [5, 5.41) is 29.3. The molecule has 602 valence electrons. The SMILES string of the molecule is Cc1ccc(Nc2c(Nc3ccc(C)cc3C)c(Nc3ccc(C)cc3C)c3c(c2Nc2ccc(C)cc2C)-c2nc-3nc3[nH]c(nc4nc(nc5[nH]c(n2)c2c(F)c(F)c(F)c(F)c52)-c2c(F)c(F)c(F)c(F)c2-4)c2c(Nc4ccc(C)cc4C)c(Nc4ccc(C)cc4C)c(Nc4ccc(C)cc4C)c(Nc4ccc(C)cc4C)c32)c(C)c1. The van der Waals surface area contributed by atoms with Crippen LogP contribution in [0.15, 0.2) is 146 Å². The maximum absolute atomic E-state index is 17.7. The molecule has 5 heterocycles. The molecule has 0 spiro atoms. The molecule has 0 amide bonds. The van der Waals surface area contributed by atoms with Gasteiger partial charge in [0.2, 0.25) is 0 Å². The van der Waals surface area contributed by atoms with Gasteiger partial charge in [-0.3, -0.25) is 0 Å². The third-order valence-corrected chi connectivity index (χ3v) is 22.3. The molecule has 0 atom stereocenters. The Morgan fingerprint density at radius 1 is 0.192 bits per heavy atom. The van der Waals surface area contributed by atoms with Gasteiger partial charge in [0.1, 0.15) is 22.6 Å². The standard InChI is InChI=1S/C96H82F8N16/c1-41-17-25-57(49(9)33-41)105-81-69-71(83(107-59-27-19-43(3)35-51(59)11)87(111-63-31-23-47(7)39-55(63)15)85(81)109-61-29-21-45(5)37-53(61)13)95-118-93(69)116-91-67-65(73(97)77(101)79(103)75(67)99)89(114-91)113-90-66-68(76(100)80(104)78(102)74(66)98)92(115-90)117-94-70-72(96(119-94)120-95)84(108-60-28-20-44(4)36-52(60)12)88(112-64-32-24-48(8)40-56(64)16)86(110-62-30-22-46(6)38-54(62)14)82(70)106-58-26-18-42(2)34-50(58)10/h17-40,105-112H,1-16H3,(H2,113,114,115,116,117,118,119,120). The van der Waals surface area contributed by atoms with Gasteiger partial charge in [-0.25, -0.2) is 65.0 Å². The number of aromatic amines is 2. The van der Waals surface area contributed by atoms with E-state index in [1.165, 1.54) is 0 Å². The van der Waals surface area contributed by atoms with Crippen molar-refractivity contribution in [3.63, 3.8) is 0 Å². The molecule has 12 aromatic carbocycles. The van der Waals surface area contributed by atoms with Crippen LogP contribution in [0.3, 0.4) is 0 Å². The summed E-state index contributed by atoms with van der Waals surface area (Å²) in [4.78, 5) is 37.2. The number of aryl methyl sites for hydroxylation is 16. The smallest absolute Gasteiger partial charge is 0.198 e. The fraction of sp³-hybridized carbons (Fsp3) is 0.167. The van der Waals surface area contributed by atoms with E-state index < -0.39 is 91.4 Å². The van der Waals surface area contributed by atoms with E-state index >= 15 is 35.1 Å². The molecular formula is C96H82F8N16. The molecular weight excluding hydrogens is 1530 g/mol. The van der Waals surface area contributed by atoms with Crippen molar-refractivity contribution in [2.24, 2.45) is 0 Å². The number of hydrogen-bond donors (Lipinski definition) is 10. The van der Waals surface area contributed by atoms with E-state index in [9.17, 15) is 0 Å². The molecule has 24 heteroatoms. The molecule has 0 unspecified atom stereocenters. The molecule has 10 N–H and O–H groups in total. The number of nitrogens with one attached hydrogen (secondary N) is 10. The number of halogens is 8. The highest BCUT2D eigenvalue weighted by atomic mass is 19.2. The minimum absolute atomic E-state index is 0.0647. The predicted octanol–water partition coefficient (Wildman–Crippen LogP) is 26.9. The lowest BCUT2D eigenvalue weighted by Gasteiger charge is -2.28. The molecule has 2 aliphatic heterocycles. The van der Waals surface area contributed by atoms with Gasteiger partial charge in [0.05, 0.1) is 89.3 Å². The minimum Gasteiger partial charge on any atom is -0.353 e. The van der Waals surface area contributed by atoms with Gasteiger partial charge >= 0.3 is 0 Å². The largest absolute Gasteiger partial charge is 0.353 e. The fourth-order valence-corrected chi connectivity index (χ4v) is 16.2. The van der Waals surface area contributed by atoms with Crippen LogP contribution in [-0.2, 0) is 0 Å².